The van der Waals surface area contributed by atoms with E-state index in [-0.39, 0.29) is 5.69 Å². The highest BCUT2D eigenvalue weighted by Crippen LogP contribution is 2.08. The van der Waals surface area contributed by atoms with Crippen LogP contribution in [0.3, 0.4) is 0 Å². The number of nitrogen functional groups attached to an aromatic ring is 1. The Labute approximate surface area is 101 Å². The topological polar surface area (TPSA) is 84.4 Å². The molecule has 1 amide bonds. The van der Waals surface area contributed by atoms with Crippen LogP contribution in [0.15, 0.2) is 10.6 Å². The number of hydrazine groups is 1. The number of rotatable bonds is 7. The van der Waals surface area contributed by atoms with Crippen molar-refractivity contribution < 1.29 is 9.32 Å². The van der Waals surface area contributed by atoms with Crippen LogP contribution in [0.5, 0.6) is 0 Å². The van der Waals surface area contributed by atoms with Crippen LogP contribution in [0.4, 0.5) is 0 Å². The van der Waals surface area contributed by atoms with Gasteiger partial charge in [-0.1, -0.05) is 25.4 Å². The van der Waals surface area contributed by atoms with Crippen LogP contribution in [0.25, 0.3) is 0 Å². The lowest BCUT2D eigenvalue weighted by molar-refractivity contribution is 0.0944. The van der Waals surface area contributed by atoms with E-state index in [0.29, 0.717) is 12.3 Å². The van der Waals surface area contributed by atoms with E-state index in [2.05, 4.69) is 23.9 Å². The van der Waals surface area contributed by atoms with Crippen molar-refractivity contribution in [1.82, 2.24) is 15.5 Å². The Bertz CT molecular complexity index is 351. The average Bonchev–Trinajstić information content (AvgIpc) is 2.81. The molecule has 0 aliphatic heterocycles. The van der Waals surface area contributed by atoms with Gasteiger partial charge in [0, 0.05) is 6.07 Å². The first kappa shape index (κ1) is 13.7. The number of nitrogens with two attached hydrogens (primary N) is 1. The zero-order valence-electron chi connectivity index (χ0n) is 10.4. The number of unbranched alkanes of at least 4 members (excludes halogenated alkanes) is 1. The Hall–Kier alpha value is -1.40. The molecule has 6 nitrogen and oxygen atoms in total. The minimum absolute atomic E-state index is 0.217. The number of hydrogen-bond acceptors (Lipinski definition) is 5. The first-order chi connectivity index (χ1) is 8.21. The van der Waals surface area contributed by atoms with Gasteiger partial charge in [-0.15, -0.1) is 0 Å². The number of carbonyl (C=O) groups is 1. The molecule has 0 aliphatic rings. The molecular weight excluding hydrogens is 220 g/mol. The monoisotopic (exact) mass is 240 g/mol. The van der Waals surface area contributed by atoms with Crippen LogP contribution in [-0.4, -0.2) is 29.1 Å². The molecule has 0 saturated heterocycles. The summed E-state index contributed by atoms with van der Waals surface area (Å²) in [6, 6.07) is 1.62. The van der Waals surface area contributed by atoms with Crippen molar-refractivity contribution in [3.05, 3.63) is 17.5 Å². The molecule has 0 aliphatic carbocycles. The molecule has 0 aromatic carbocycles. The Balaban J connectivity index is 2.54. The van der Waals surface area contributed by atoms with Crippen molar-refractivity contribution in [3.63, 3.8) is 0 Å². The number of amides is 1. The van der Waals surface area contributed by atoms with Gasteiger partial charge in [-0.2, -0.15) is 0 Å². The summed E-state index contributed by atoms with van der Waals surface area (Å²) in [5.74, 6) is 5.26. The second-order valence-electron chi connectivity index (χ2n) is 3.87. The van der Waals surface area contributed by atoms with E-state index in [1.165, 1.54) is 0 Å². The summed E-state index contributed by atoms with van der Waals surface area (Å²) in [4.78, 5) is 13.4. The molecule has 1 aromatic heterocycles. The minimum atomic E-state index is -0.434. The van der Waals surface area contributed by atoms with Crippen LogP contribution in [0.2, 0.25) is 0 Å². The second-order valence-corrected chi connectivity index (χ2v) is 3.87. The maximum Gasteiger partial charge on any atom is 0.287 e. The summed E-state index contributed by atoms with van der Waals surface area (Å²) in [7, 11) is 0. The molecule has 17 heavy (non-hydrogen) atoms. The predicted molar refractivity (Wildman–Crippen MR) is 64.0 cm³/mol. The zero-order valence-corrected chi connectivity index (χ0v) is 10.4. The molecule has 1 rings (SSSR count). The predicted octanol–water partition coefficient (Wildman–Crippen LogP) is 0.900. The lowest BCUT2D eigenvalue weighted by atomic mass is 10.3. The van der Waals surface area contributed by atoms with E-state index in [1.54, 1.807) is 6.07 Å². The number of aromatic nitrogens is 1. The van der Waals surface area contributed by atoms with Crippen LogP contribution in [0.1, 0.15) is 42.9 Å². The van der Waals surface area contributed by atoms with Gasteiger partial charge in [0.05, 0.1) is 6.54 Å². The molecule has 0 atom stereocenters. The first-order valence-electron chi connectivity index (χ1n) is 5.90. The third kappa shape index (κ3) is 4.16. The van der Waals surface area contributed by atoms with Crippen LogP contribution in [-0.2, 0) is 6.54 Å². The Kier molecular flexibility index (Phi) is 5.65. The third-order valence-electron chi connectivity index (χ3n) is 2.58. The van der Waals surface area contributed by atoms with Gasteiger partial charge in [0.15, 0.2) is 11.5 Å². The van der Waals surface area contributed by atoms with Gasteiger partial charge in [-0.05, 0) is 19.5 Å². The molecule has 1 heterocycles. The van der Waals surface area contributed by atoms with Gasteiger partial charge >= 0.3 is 0 Å². The number of hydrogen-bond donors (Lipinski definition) is 2. The lowest BCUT2D eigenvalue weighted by Gasteiger charge is -2.17. The Morgan fingerprint density at radius 3 is 2.94 bits per heavy atom. The lowest BCUT2D eigenvalue weighted by Crippen LogP contribution is -2.30. The minimum Gasteiger partial charge on any atom is -0.359 e. The van der Waals surface area contributed by atoms with E-state index in [9.17, 15) is 4.79 Å². The SMILES string of the molecule is CCCCN(CC)Cc1cc(C(=O)NN)no1. The first-order valence-corrected chi connectivity index (χ1v) is 5.90. The normalized spacial score (nSPS) is 10.8. The van der Waals surface area contributed by atoms with Gasteiger partial charge in [0.25, 0.3) is 5.91 Å². The molecule has 0 radical (unpaired) electrons. The molecular formula is C11H20N4O2. The number of nitrogens with zero attached hydrogens (tertiary/aromatic N) is 2. The van der Waals surface area contributed by atoms with E-state index in [4.69, 9.17) is 10.4 Å². The standard InChI is InChI=1S/C11H20N4O2/c1-3-5-6-15(4-2)8-9-7-10(14-17-9)11(16)13-12/h7H,3-6,8,12H2,1-2H3,(H,13,16). The van der Waals surface area contributed by atoms with E-state index in [0.717, 1.165) is 25.9 Å². The van der Waals surface area contributed by atoms with Crippen LogP contribution in [0, 0.1) is 0 Å². The molecule has 0 spiro atoms. The molecule has 0 fully saturated rings. The summed E-state index contributed by atoms with van der Waals surface area (Å²) in [5.41, 5.74) is 2.24. The van der Waals surface area contributed by atoms with E-state index < -0.39 is 5.91 Å². The van der Waals surface area contributed by atoms with Crippen molar-refractivity contribution in [2.24, 2.45) is 5.84 Å². The Morgan fingerprint density at radius 2 is 2.35 bits per heavy atom. The van der Waals surface area contributed by atoms with E-state index >= 15 is 0 Å². The summed E-state index contributed by atoms with van der Waals surface area (Å²) < 4.78 is 5.09. The zero-order chi connectivity index (χ0) is 12.7. The van der Waals surface area contributed by atoms with E-state index in [1.807, 2.05) is 5.43 Å². The van der Waals surface area contributed by atoms with Crippen molar-refractivity contribution in [2.75, 3.05) is 13.1 Å². The average molecular weight is 240 g/mol. The molecule has 1 aromatic rings. The molecule has 96 valence electrons. The quantitative estimate of drug-likeness (QED) is 0.420. The maximum atomic E-state index is 11.2. The van der Waals surface area contributed by atoms with Crippen molar-refractivity contribution in [3.8, 4) is 0 Å². The highest BCUT2D eigenvalue weighted by molar-refractivity contribution is 5.91. The largest absolute Gasteiger partial charge is 0.359 e. The van der Waals surface area contributed by atoms with Gasteiger partial charge in [-0.3, -0.25) is 15.1 Å². The second kappa shape index (κ2) is 7.03. The van der Waals surface area contributed by atoms with Crippen molar-refractivity contribution in [1.29, 1.82) is 0 Å². The molecule has 6 heteroatoms. The summed E-state index contributed by atoms with van der Waals surface area (Å²) in [6.45, 7) is 6.89. The molecule has 3 N–H and O–H groups in total. The number of carbonyl (C=O) groups excluding carboxylic acids is 1. The molecule has 0 unspecified atom stereocenters. The highest BCUT2D eigenvalue weighted by Gasteiger charge is 2.13. The maximum absolute atomic E-state index is 11.2. The summed E-state index contributed by atoms with van der Waals surface area (Å²) >= 11 is 0. The van der Waals surface area contributed by atoms with Crippen LogP contribution >= 0.6 is 0 Å². The van der Waals surface area contributed by atoms with Crippen LogP contribution < -0.4 is 11.3 Å². The highest BCUT2D eigenvalue weighted by atomic mass is 16.5. The summed E-state index contributed by atoms with van der Waals surface area (Å²) in [5, 5.41) is 3.66. The van der Waals surface area contributed by atoms with Crippen molar-refractivity contribution >= 4 is 5.91 Å². The van der Waals surface area contributed by atoms with Crippen molar-refractivity contribution in [2.45, 2.75) is 33.2 Å². The molecule has 0 bridgehead atoms. The Morgan fingerprint density at radius 1 is 1.59 bits per heavy atom. The summed E-state index contributed by atoms with van der Waals surface area (Å²) in [6.07, 6.45) is 2.31. The fourth-order valence-corrected chi connectivity index (χ4v) is 1.52. The fraction of sp³-hybridized carbons (Fsp3) is 0.636. The van der Waals surface area contributed by atoms with Gasteiger partial charge in [0.1, 0.15) is 0 Å². The number of nitrogens with one attached hydrogen (secondary N) is 1. The van der Waals surface area contributed by atoms with Gasteiger partial charge in [-0.25, -0.2) is 5.84 Å². The molecule has 0 saturated carbocycles. The van der Waals surface area contributed by atoms with Gasteiger partial charge < -0.3 is 4.52 Å². The smallest absolute Gasteiger partial charge is 0.287 e. The fourth-order valence-electron chi connectivity index (χ4n) is 1.52. The third-order valence-corrected chi connectivity index (χ3v) is 2.58. The van der Waals surface area contributed by atoms with Gasteiger partial charge in [0.2, 0.25) is 0 Å².